The first-order valence-corrected chi connectivity index (χ1v) is 5.86. The van der Waals surface area contributed by atoms with Gasteiger partial charge in [-0.25, -0.2) is 0 Å². The fraction of sp³-hybridized carbons (Fsp3) is 0.538. The van der Waals surface area contributed by atoms with Crippen LogP contribution < -0.4 is 5.73 Å². The van der Waals surface area contributed by atoms with Gasteiger partial charge in [-0.2, -0.15) is 0 Å². The minimum Gasteiger partial charge on any atom is -0.329 e. The quantitative estimate of drug-likeness (QED) is 0.813. The van der Waals surface area contributed by atoms with Crippen molar-refractivity contribution in [3.05, 3.63) is 35.4 Å². The van der Waals surface area contributed by atoms with Crippen LogP contribution in [0.5, 0.6) is 0 Å². The van der Waals surface area contributed by atoms with Gasteiger partial charge in [0.25, 0.3) is 0 Å². The molecular weight excluding hydrogens is 184 g/mol. The maximum atomic E-state index is 5.79. The molecule has 0 fully saturated rings. The highest BCUT2D eigenvalue weighted by molar-refractivity contribution is 5.29. The minimum absolute atomic E-state index is 0.554. The van der Waals surface area contributed by atoms with Crippen molar-refractivity contribution in [2.24, 2.45) is 5.73 Å². The molecule has 0 radical (unpaired) electrons. The van der Waals surface area contributed by atoms with Crippen LogP contribution in [0.4, 0.5) is 0 Å². The lowest BCUT2D eigenvalue weighted by Crippen LogP contribution is -2.43. The summed E-state index contributed by atoms with van der Waals surface area (Å²) >= 11 is 0. The van der Waals surface area contributed by atoms with E-state index < -0.39 is 0 Å². The molecule has 2 nitrogen and oxygen atoms in total. The molecule has 82 valence electrons. The lowest BCUT2D eigenvalue weighted by atomic mass is 9.98. The van der Waals surface area contributed by atoms with Gasteiger partial charge in [0, 0.05) is 25.7 Å². The Morgan fingerprint density at radius 1 is 1.33 bits per heavy atom. The third-order valence-electron chi connectivity index (χ3n) is 3.42. The summed E-state index contributed by atoms with van der Waals surface area (Å²) in [5.41, 5.74) is 8.79. The molecule has 0 bridgehead atoms. The van der Waals surface area contributed by atoms with Crippen LogP contribution in [0.2, 0.25) is 0 Å². The van der Waals surface area contributed by atoms with E-state index in [9.17, 15) is 0 Å². The molecule has 0 aliphatic carbocycles. The molecule has 0 amide bonds. The van der Waals surface area contributed by atoms with Crippen LogP contribution in [0.1, 0.15) is 24.5 Å². The molecule has 2 heteroatoms. The van der Waals surface area contributed by atoms with E-state index in [0.717, 1.165) is 26.1 Å². The summed E-state index contributed by atoms with van der Waals surface area (Å²) in [6.45, 7) is 5.23. The molecule has 0 aromatic heterocycles. The average molecular weight is 204 g/mol. The van der Waals surface area contributed by atoms with E-state index in [2.05, 4.69) is 36.1 Å². The highest BCUT2D eigenvalue weighted by atomic mass is 15.2. The topological polar surface area (TPSA) is 29.3 Å². The summed E-state index contributed by atoms with van der Waals surface area (Å²) in [6.07, 6.45) is 2.32. The summed E-state index contributed by atoms with van der Waals surface area (Å²) in [4.78, 5) is 2.52. The first-order chi connectivity index (χ1) is 7.35. The van der Waals surface area contributed by atoms with Gasteiger partial charge < -0.3 is 5.73 Å². The third kappa shape index (κ3) is 2.21. The molecule has 1 aliphatic rings. The minimum atomic E-state index is 0.554. The van der Waals surface area contributed by atoms with Crippen molar-refractivity contribution in [1.82, 2.24) is 4.90 Å². The second-order valence-electron chi connectivity index (χ2n) is 4.29. The normalized spacial score (nSPS) is 18.5. The van der Waals surface area contributed by atoms with E-state index in [1.165, 1.54) is 17.5 Å². The second-order valence-corrected chi connectivity index (χ2v) is 4.29. The molecule has 1 aromatic carbocycles. The average Bonchev–Trinajstić information content (AvgIpc) is 2.30. The zero-order valence-electron chi connectivity index (χ0n) is 9.45. The van der Waals surface area contributed by atoms with Crippen LogP contribution in [0.3, 0.4) is 0 Å². The maximum Gasteiger partial charge on any atom is 0.0240 e. The van der Waals surface area contributed by atoms with Crippen LogP contribution in [0.25, 0.3) is 0 Å². The van der Waals surface area contributed by atoms with E-state index in [4.69, 9.17) is 5.73 Å². The van der Waals surface area contributed by atoms with Crippen molar-refractivity contribution in [2.45, 2.75) is 32.4 Å². The van der Waals surface area contributed by atoms with Crippen LogP contribution in [0.15, 0.2) is 24.3 Å². The maximum absolute atomic E-state index is 5.79. The highest BCUT2D eigenvalue weighted by Crippen LogP contribution is 2.20. The van der Waals surface area contributed by atoms with Crippen molar-refractivity contribution < 1.29 is 0 Å². The number of hydrogen-bond acceptors (Lipinski definition) is 2. The predicted molar refractivity (Wildman–Crippen MR) is 63.7 cm³/mol. The molecule has 1 heterocycles. The molecule has 2 N–H and O–H groups in total. The predicted octanol–water partition coefficient (Wildman–Crippen LogP) is 1.78. The number of benzene rings is 1. The van der Waals surface area contributed by atoms with E-state index in [-0.39, 0.29) is 0 Å². The Morgan fingerprint density at radius 2 is 2.07 bits per heavy atom. The Labute approximate surface area is 92.1 Å². The fourth-order valence-corrected chi connectivity index (χ4v) is 2.40. The Kier molecular flexibility index (Phi) is 3.39. The molecule has 1 atom stereocenters. The van der Waals surface area contributed by atoms with Crippen molar-refractivity contribution in [1.29, 1.82) is 0 Å². The standard InChI is InChI=1S/C13H20N2/c1-2-13(9-14)15-8-7-11-5-3-4-6-12(11)10-15/h3-6,13H,2,7-10,14H2,1H3/t13-/m0/s1. The number of nitrogens with two attached hydrogens (primary N) is 1. The molecule has 0 spiro atoms. The van der Waals surface area contributed by atoms with Crippen LogP contribution in [0, 0.1) is 0 Å². The molecule has 0 saturated heterocycles. The van der Waals surface area contributed by atoms with Gasteiger partial charge in [0.2, 0.25) is 0 Å². The van der Waals surface area contributed by atoms with Gasteiger partial charge >= 0.3 is 0 Å². The van der Waals surface area contributed by atoms with Crippen LogP contribution >= 0.6 is 0 Å². The lowest BCUT2D eigenvalue weighted by molar-refractivity contribution is 0.178. The zero-order chi connectivity index (χ0) is 10.7. The molecule has 2 rings (SSSR count). The van der Waals surface area contributed by atoms with Gasteiger partial charge in [-0.3, -0.25) is 4.90 Å². The fourth-order valence-electron chi connectivity index (χ4n) is 2.40. The first kappa shape index (κ1) is 10.7. The third-order valence-corrected chi connectivity index (χ3v) is 3.42. The van der Waals surface area contributed by atoms with Crippen LogP contribution in [-0.2, 0) is 13.0 Å². The smallest absolute Gasteiger partial charge is 0.0240 e. The van der Waals surface area contributed by atoms with E-state index >= 15 is 0 Å². The van der Waals surface area contributed by atoms with Crippen molar-refractivity contribution in [2.75, 3.05) is 13.1 Å². The Morgan fingerprint density at radius 3 is 2.73 bits per heavy atom. The van der Waals surface area contributed by atoms with Gasteiger partial charge in [-0.15, -0.1) is 0 Å². The van der Waals surface area contributed by atoms with Crippen LogP contribution in [-0.4, -0.2) is 24.0 Å². The van der Waals surface area contributed by atoms with Crippen molar-refractivity contribution in [3.8, 4) is 0 Å². The summed E-state index contributed by atoms with van der Waals surface area (Å²) in [5, 5.41) is 0. The Balaban J connectivity index is 2.11. The van der Waals surface area contributed by atoms with E-state index in [1.54, 1.807) is 0 Å². The van der Waals surface area contributed by atoms with Gasteiger partial charge in [-0.1, -0.05) is 31.2 Å². The lowest BCUT2D eigenvalue weighted by Gasteiger charge is -2.34. The number of rotatable bonds is 3. The molecule has 15 heavy (non-hydrogen) atoms. The van der Waals surface area contributed by atoms with E-state index in [0.29, 0.717) is 6.04 Å². The number of fused-ring (bicyclic) bond motifs is 1. The highest BCUT2D eigenvalue weighted by Gasteiger charge is 2.20. The molecule has 0 unspecified atom stereocenters. The van der Waals surface area contributed by atoms with Gasteiger partial charge in [0.05, 0.1) is 0 Å². The Hall–Kier alpha value is -0.860. The largest absolute Gasteiger partial charge is 0.329 e. The zero-order valence-corrected chi connectivity index (χ0v) is 9.45. The number of nitrogens with zero attached hydrogens (tertiary/aromatic N) is 1. The first-order valence-electron chi connectivity index (χ1n) is 5.86. The van der Waals surface area contributed by atoms with E-state index in [1.807, 2.05) is 0 Å². The van der Waals surface area contributed by atoms with Gasteiger partial charge in [-0.05, 0) is 24.0 Å². The molecule has 0 saturated carbocycles. The Bertz CT molecular complexity index is 318. The van der Waals surface area contributed by atoms with Crippen molar-refractivity contribution >= 4 is 0 Å². The summed E-state index contributed by atoms with van der Waals surface area (Å²) in [5.74, 6) is 0. The second kappa shape index (κ2) is 4.77. The summed E-state index contributed by atoms with van der Waals surface area (Å²) in [7, 11) is 0. The molecule has 1 aliphatic heterocycles. The van der Waals surface area contributed by atoms with Crippen molar-refractivity contribution in [3.63, 3.8) is 0 Å². The number of hydrogen-bond donors (Lipinski definition) is 1. The van der Waals surface area contributed by atoms with Gasteiger partial charge in [0.1, 0.15) is 0 Å². The SMILES string of the molecule is CC[C@@H](CN)N1CCc2ccccc2C1. The summed E-state index contributed by atoms with van der Waals surface area (Å²) < 4.78 is 0. The molecular formula is C13H20N2. The molecule has 1 aromatic rings. The van der Waals surface area contributed by atoms with Gasteiger partial charge in [0.15, 0.2) is 0 Å². The summed E-state index contributed by atoms with van der Waals surface area (Å²) in [6, 6.07) is 9.31. The monoisotopic (exact) mass is 204 g/mol.